The maximum Gasteiger partial charge on any atom is 0.244 e. The number of methoxy groups -OCH3 is 1. The average Bonchev–Trinajstić information content (AvgIpc) is 3.12. The maximum atomic E-state index is 12.8. The van der Waals surface area contributed by atoms with E-state index in [1.54, 1.807) is 18.4 Å². The molecule has 1 saturated carbocycles. The average molecular weight is 294 g/mol. The van der Waals surface area contributed by atoms with E-state index in [1.807, 2.05) is 4.90 Å². The van der Waals surface area contributed by atoms with Gasteiger partial charge in [-0.3, -0.25) is 10.1 Å². The summed E-state index contributed by atoms with van der Waals surface area (Å²) in [5.41, 5.74) is -0.309. The number of carbonyl (C=O) groups is 1. The van der Waals surface area contributed by atoms with Crippen LogP contribution >= 0.6 is 11.3 Å². The Hall–Kier alpha value is -0.910. The van der Waals surface area contributed by atoms with E-state index in [-0.39, 0.29) is 17.6 Å². The van der Waals surface area contributed by atoms with Crippen LogP contribution in [0.1, 0.15) is 41.6 Å². The summed E-state index contributed by atoms with van der Waals surface area (Å²) in [4.78, 5) is 17.3. The molecule has 1 aliphatic heterocycles. The second-order valence-electron chi connectivity index (χ2n) is 5.78. The van der Waals surface area contributed by atoms with Crippen molar-refractivity contribution < 1.29 is 9.53 Å². The Balaban J connectivity index is 1.88. The topological polar surface area (TPSA) is 41.6 Å². The Kier molecular flexibility index (Phi) is 3.84. The molecule has 1 aromatic heterocycles. The quantitative estimate of drug-likeness (QED) is 0.927. The zero-order chi connectivity index (χ0) is 14.2. The number of thiophene rings is 1. The van der Waals surface area contributed by atoms with Crippen LogP contribution in [0.2, 0.25) is 0 Å². The third-order valence-electron chi connectivity index (χ3n) is 4.42. The molecule has 1 unspecified atom stereocenters. The first-order valence-corrected chi connectivity index (χ1v) is 8.12. The van der Waals surface area contributed by atoms with Gasteiger partial charge < -0.3 is 9.64 Å². The lowest BCUT2D eigenvalue weighted by molar-refractivity contribution is -0.133. The molecule has 1 aromatic rings. The second kappa shape index (κ2) is 5.47. The summed E-state index contributed by atoms with van der Waals surface area (Å²) in [5, 5.41) is 3.64. The molecule has 1 atom stereocenters. The lowest BCUT2D eigenvalue weighted by atomic mass is 9.98. The smallest absolute Gasteiger partial charge is 0.244 e. The highest BCUT2D eigenvalue weighted by Gasteiger charge is 2.52. The van der Waals surface area contributed by atoms with E-state index in [1.165, 1.54) is 9.75 Å². The van der Waals surface area contributed by atoms with Crippen molar-refractivity contribution in [3.63, 3.8) is 0 Å². The molecule has 110 valence electrons. The molecule has 1 aliphatic carbocycles. The summed E-state index contributed by atoms with van der Waals surface area (Å²) in [6.45, 7) is 3.35. The van der Waals surface area contributed by atoms with Crippen LogP contribution in [0.25, 0.3) is 0 Å². The fraction of sp³-hybridized carbons (Fsp3) is 0.667. The number of nitrogens with one attached hydrogen (secondary N) is 1. The molecule has 1 amide bonds. The van der Waals surface area contributed by atoms with Gasteiger partial charge in [-0.05, 0) is 31.9 Å². The first-order valence-electron chi connectivity index (χ1n) is 7.30. The van der Waals surface area contributed by atoms with E-state index in [0.717, 1.165) is 25.7 Å². The van der Waals surface area contributed by atoms with Gasteiger partial charge >= 0.3 is 0 Å². The van der Waals surface area contributed by atoms with Gasteiger partial charge in [0.25, 0.3) is 0 Å². The van der Waals surface area contributed by atoms with E-state index < -0.39 is 0 Å². The Labute approximate surface area is 124 Å². The normalized spacial score (nSPS) is 25.0. The highest BCUT2D eigenvalue weighted by molar-refractivity contribution is 7.12. The van der Waals surface area contributed by atoms with Crippen LogP contribution in [0.5, 0.6) is 0 Å². The number of hydrogen-bond donors (Lipinski definition) is 1. The predicted octanol–water partition coefficient (Wildman–Crippen LogP) is 2.45. The van der Waals surface area contributed by atoms with Crippen LogP contribution in [0.3, 0.4) is 0 Å². The Morgan fingerprint density at radius 1 is 1.45 bits per heavy atom. The Morgan fingerprint density at radius 3 is 2.80 bits per heavy atom. The highest BCUT2D eigenvalue weighted by atomic mass is 32.1. The number of rotatable bonds is 4. The van der Waals surface area contributed by atoms with E-state index in [9.17, 15) is 4.79 Å². The van der Waals surface area contributed by atoms with Crippen LogP contribution in [0.4, 0.5) is 0 Å². The highest BCUT2D eigenvalue weighted by Crippen LogP contribution is 2.41. The number of hydrogen-bond acceptors (Lipinski definition) is 4. The standard InChI is InChI=1S/C15H22N2O2S/c1-11-5-6-12(20-11)13-16-15(7-3-4-8-15)14(18)17(13)9-10-19-2/h5-6,13,16H,3-4,7-10H2,1-2H3. The lowest BCUT2D eigenvalue weighted by Gasteiger charge is -2.22. The van der Waals surface area contributed by atoms with E-state index in [0.29, 0.717) is 13.2 Å². The molecule has 1 saturated heterocycles. The van der Waals surface area contributed by atoms with Crippen LogP contribution in [0, 0.1) is 6.92 Å². The van der Waals surface area contributed by atoms with Gasteiger partial charge in [0.15, 0.2) is 0 Å². The fourth-order valence-corrected chi connectivity index (χ4v) is 4.32. The molecule has 1 N–H and O–H groups in total. The van der Waals surface area contributed by atoms with E-state index >= 15 is 0 Å². The van der Waals surface area contributed by atoms with Crippen LogP contribution in [0.15, 0.2) is 12.1 Å². The minimum absolute atomic E-state index is 0.0226. The minimum Gasteiger partial charge on any atom is -0.383 e. The molecule has 20 heavy (non-hydrogen) atoms. The van der Waals surface area contributed by atoms with Crippen molar-refractivity contribution in [1.29, 1.82) is 0 Å². The van der Waals surface area contributed by atoms with Crippen molar-refractivity contribution in [2.45, 2.75) is 44.3 Å². The molecule has 2 fully saturated rings. The van der Waals surface area contributed by atoms with Gasteiger partial charge in [0.2, 0.25) is 5.91 Å². The number of aryl methyl sites for hydroxylation is 1. The van der Waals surface area contributed by atoms with E-state index in [4.69, 9.17) is 4.74 Å². The van der Waals surface area contributed by atoms with Crippen LogP contribution in [-0.2, 0) is 9.53 Å². The number of ether oxygens (including phenoxy) is 1. The molecule has 4 nitrogen and oxygen atoms in total. The summed E-state index contributed by atoms with van der Waals surface area (Å²) < 4.78 is 5.17. The van der Waals surface area contributed by atoms with Crippen molar-refractivity contribution in [2.75, 3.05) is 20.3 Å². The largest absolute Gasteiger partial charge is 0.383 e. The summed E-state index contributed by atoms with van der Waals surface area (Å²) in [5.74, 6) is 0.267. The molecule has 0 radical (unpaired) electrons. The molecule has 0 aromatic carbocycles. The van der Waals surface area contributed by atoms with Crippen molar-refractivity contribution in [1.82, 2.24) is 10.2 Å². The lowest BCUT2D eigenvalue weighted by Crippen LogP contribution is -2.44. The molecular formula is C15H22N2O2S. The van der Waals surface area contributed by atoms with Gasteiger partial charge in [-0.15, -0.1) is 11.3 Å². The zero-order valence-electron chi connectivity index (χ0n) is 12.1. The van der Waals surface area contributed by atoms with E-state index in [2.05, 4.69) is 24.4 Å². The summed E-state index contributed by atoms with van der Waals surface area (Å²) in [6, 6.07) is 4.26. The van der Waals surface area contributed by atoms with Gasteiger partial charge in [0, 0.05) is 23.4 Å². The monoisotopic (exact) mass is 294 g/mol. The van der Waals surface area contributed by atoms with Gasteiger partial charge in [-0.1, -0.05) is 12.8 Å². The second-order valence-corrected chi connectivity index (χ2v) is 7.10. The SMILES string of the molecule is COCCN1C(=O)C2(CCCC2)NC1c1ccc(C)s1. The first-order chi connectivity index (χ1) is 9.66. The molecular weight excluding hydrogens is 272 g/mol. The molecule has 5 heteroatoms. The molecule has 2 heterocycles. The Morgan fingerprint density at radius 2 is 2.20 bits per heavy atom. The van der Waals surface area contributed by atoms with Crippen LogP contribution in [-0.4, -0.2) is 36.6 Å². The minimum atomic E-state index is -0.309. The van der Waals surface area contributed by atoms with Gasteiger partial charge in [0.1, 0.15) is 6.17 Å². The molecule has 1 spiro atoms. The summed E-state index contributed by atoms with van der Waals surface area (Å²) in [6.07, 6.45) is 4.25. The van der Waals surface area contributed by atoms with Crippen LogP contribution < -0.4 is 5.32 Å². The molecule has 2 aliphatic rings. The third kappa shape index (κ3) is 2.28. The van der Waals surface area contributed by atoms with Gasteiger partial charge in [-0.2, -0.15) is 0 Å². The zero-order valence-corrected chi connectivity index (χ0v) is 13.0. The Bertz CT molecular complexity index is 494. The molecule has 3 rings (SSSR count). The fourth-order valence-electron chi connectivity index (χ4n) is 3.38. The number of nitrogens with zero attached hydrogens (tertiary/aromatic N) is 1. The van der Waals surface area contributed by atoms with Gasteiger partial charge in [-0.25, -0.2) is 0 Å². The van der Waals surface area contributed by atoms with Crippen molar-refractivity contribution >= 4 is 17.2 Å². The maximum absolute atomic E-state index is 12.8. The predicted molar refractivity (Wildman–Crippen MR) is 79.7 cm³/mol. The number of amides is 1. The third-order valence-corrected chi connectivity index (χ3v) is 5.47. The van der Waals surface area contributed by atoms with Crippen molar-refractivity contribution in [3.05, 3.63) is 21.9 Å². The first kappa shape index (κ1) is 14.0. The number of carbonyl (C=O) groups excluding carboxylic acids is 1. The summed E-state index contributed by atoms with van der Waals surface area (Å²) in [7, 11) is 1.68. The van der Waals surface area contributed by atoms with Crippen molar-refractivity contribution in [3.8, 4) is 0 Å². The molecule has 0 bridgehead atoms. The van der Waals surface area contributed by atoms with Crippen molar-refractivity contribution in [2.24, 2.45) is 0 Å². The van der Waals surface area contributed by atoms with Gasteiger partial charge in [0.05, 0.1) is 12.1 Å². The summed E-state index contributed by atoms with van der Waals surface area (Å²) >= 11 is 1.77.